The van der Waals surface area contributed by atoms with Crippen LogP contribution < -0.4 is 0 Å². The molecular formula is C5H4F4O3. The molecule has 12 heavy (non-hydrogen) atoms. The van der Waals surface area contributed by atoms with E-state index < -0.39 is 31.2 Å². The molecule has 0 aromatic carbocycles. The van der Waals surface area contributed by atoms with Crippen LogP contribution in [0.3, 0.4) is 0 Å². The van der Waals surface area contributed by atoms with Crippen molar-refractivity contribution in [3.63, 3.8) is 0 Å². The summed E-state index contributed by atoms with van der Waals surface area (Å²) in [6, 6.07) is 0. The third-order valence-corrected chi connectivity index (χ3v) is 1.29. The summed E-state index contributed by atoms with van der Waals surface area (Å²) in [5.41, 5.74) is 0. The van der Waals surface area contributed by atoms with Crippen molar-refractivity contribution >= 4 is 6.16 Å². The fourth-order valence-corrected chi connectivity index (χ4v) is 0.774. The highest BCUT2D eigenvalue weighted by Gasteiger charge is 2.48. The van der Waals surface area contributed by atoms with Gasteiger partial charge in [0, 0.05) is 0 Å². The minimum absolute atomic E-state index is 1.48. The maximum atomic E-state index is 11.8. The molecule has 1 saturated heterocycles. The topological polar surface area (TPSA) is 35.5 Å². The molecule has 1 aliphatic heterocycles. The summed E-state index contributed by atoms with van der Waals surface area (Å²) in [7, 11) is 0. The number of carbonyl (C=O) groups excluding carboxylic acids is 1. The lowest BCUT2D eigenvalue weighted by atomic mass is 10.2. The lowest BCUT2D eigenvalue weighted by Crippen LogP contribution is -2.35. The number of alkyl halides is 4. The second kappa shape index (κ2) is 3.16. The molecule has 3 nitrogen and oxygen atoms in total. The maximum absolute atomic E-state index is 11.8. The van der Waals surface area contributed by atoms with Crippen LogP contribution in [-0.4, -0.2) is 31.2 Å². The zero-order chi connectivity index (χ0) is 9.30. The molecule has 0 radical (unpaired) electrons. The Balaban J connectivity index is 2.65. The van der Waals surface area contributed by atoms with Crippen LogP contribution in [0.1, 0.15) is 0 Å². The molecule has 70 valence electrons. The molecule has 0 aromatic heterocycles. The van der Waals surface area contributed by atoms with Crippen LogP contribution in [0.5, 0.6) is 0 Å². The van der Waals surface area contributed by atoms with E-state index in [1.54, 1.807) is 0 Å². The summed E-state index contributed by atoms with van der Waals surface area (Å²) in [4.78, 5) is 10.2. The predicted molar refractivity (Wildman–Crippen MR) is 27.1 cm³/mol. The van der Waals surface area contributed by atoms with Crippen molar-refractivity contribution in [2.75, 3.05) is 0 Å². The van der Waals surface area contributed by atoms with Gasteiger partial charge < -0.3 is 9.47 Å². The number of hydrogen-bond acceptors (Lipinski definition) is 3. The Labute approximate surface area is 64.2 Å². The predicted octanol–water partition coefficient (Wildman–Crippen LogP) is 1.42. The third kappa shape index (κ3) is 1.59. The van der Waals surface area contributed by atoms with Crippen molar-refractivity contribution in [1.82, 2.24) is 0 Å². The van der Waals surface area contributed by atoms with Gasteiger partial charge in [-0.3, -0.25) is 0 Å². The Morgan fingerprint density at radius 2 is 1.33 bits per heavy atom. The summed E-state index contributed by atoms with van der Waals surface area (Å²) in [6.45, 7) is 0. The molecule has 0 bridgehead atoms. The SMILES string of the molecule is O=C1O[C@H](C(F)F)[C@@H](C(F)F)O1. The largest absolute Gasteiger partial charge is 0.509 e. The molecule has 1 aliphatic rings. The minimum Gasteiger partial charge on any atom is -0.421 e. The van der Waals surface area contributed by atoms with Gasteiger partial charge in [-0.25, -0.2) is 22.4 Å². The second-order valence-electron chi connectivity index (χ2n) is 2.08. The van der Waals surface area contributed by atoms with Gasteiger partial charge in [0.1, 0.15) is 0 Å². The van der Waals surface area contributed by atoms with Crippen LogP contribution in [0.4, 0.5) is 22.4 Å². The highest BCUT2D eigenvalue weighted by atomic mass is 19.3. The van der Waals surface area contributed by atoms with Gasteiger partial charge in [-0.2, -0.15) is 0 Å². The standard InChI is InChI=1S/C5H4F4O3/c6-3(7)1-2(4(8)9)12-5(10)11-1/h1-4H/t1-,2-/m0/s1. The molecule has 1 rings (SSSR count). The van der Waals surface area contributed by atoms with Gasteiger partial charge in [0.15, 0.2) is 0 Å². The molecular weight excluding hydrogens is 184 g/mol. The zero-order valence-corrected chi connectivity index (χ0v) is 5.55. The molecule has 0 unspecified atom stereocenters. The molecule has 0 spiro atoms. The maximum Gasteiger partial charge on any atom is 0.509 e. The highest BCUT2D eigenvalue weighted by Crippen LogP contribution is 2.25. The number of carbonyl (C=O) groups is 1. The third-order valence-electron chi connectivity index (χ3n) is 1.29. The lowest BCUT2D eigenvalue weighted by molar-refractivity contribution is -0.0615. The molecule has 0 aliphatic carbocycles. The normalized spacial score (nSPS) is 29.3. The summed E-state index contributed by atoms with van der Waals surface area (Å²) < 4.78 is 54.9. The van der Waals surface area contributed by atoms with Gasteiger partial charge in [0.2, 0.25) is 12.2 Å². The smallest absolute Gasteiger partial charge is 0.421 e. The highest BCUT2D eigenvalue weighted by molar-refractivity contribution is 5.62. The van der Waals surface area contributed by atoms with Gasteiger partial charge in [-0.1, -0.05) is 0 Å². The van der Waals surface area contributed by atoms with Crippen molar-refractivity contribution in [3.05, 3.63) is 0 Å². The Kier molecular flexibility index (Phi) is 2.39. The van der Waals surface area contributed by atoms with E-state index in [1.165, 1.54) is 0 Å². The summed E-state index contributed by atoms with van der Waals surface area (Å²) in [5, 5.41) is 0. The Bertz CT molecular complexity index is 166. The molecule has 0 saturated carbocycles. The first kappa shape index (κ1) is 9.08. The molecule has 2 atom stereocenters. The van der Waals surface area contributed by atoms with E-state index in [1.807, 2.05) is 0 Å². The number of rotatable bonds is 2. The van der Waals surface area contributed by atoms with Gasteiger partial charge in [0.25, 0.3) is 12.9 Å². The molecule has 0 N–H and O–H groups in total. The van der Waals surface area contributed by atoms with E-state index >= 15 is 0 Å². The molecule has 0 amide bonds. The van der Waals surface area contributed by atoms with Gasteiger partial charge in [-0.05, 0) is 0 Å². The first-order valence-corrected chi connectivity index (χ1v) is 2.96. The van der Waals surface area contributed by atoms with E-state index in [0.717, 1.165) is 0 Å². The van der Waals surface area contributed by atoms with Crippen LogP contribution in [-0.2, 0) is 9.47 Å². The molecule has 7 heteroatoms. The van der Waals surface area contributed by atoms with E-state index in [0.29, 0.717) is 0 Å². The first-order valence-electron chi connectivity index (χ1n) is 2.96. The summed E-state index contributed by atoms with van der Waals surface area (Å²) in [5.74, 6) is 0. The Morgan fingerprint density at radius 1 is 1.00 bits per heavy atom. The Hall–Kier alpha value is -1.01. The number of hydrogen-bond donors (Lipinski definition) is 0. The van der Waals surface area contributed by atoms with Crippen molar-refractivity contribution in [2.45, 2.75) is 25.1 Å². The van der Waals surface area contributed by atoms with Crippen molar-refractivity contribution < 1.29 is 31.8 Å². The number of ether oxygens (including phenoxy) is 2. The van der Waals surface area contributed by atoms with Gasteiger partial charge >= 0.3 is 6.16 Å². The van der Waals surface area contributed by atoms with Crippen molar-refractivity contribution in [1.29, 1.82) is 0 Å². The quantitative estimate of drug-likeness (QED) is 0.485. The minimum atomic E-state index is -3.16. The molecule has 0 aromatic rings. The summed E-state index contributed by atoms with van der Waals surface area (Å²) >= 11 is 0. The van der Waals surface area contributed by atoms with Crippen LogP contribution in [0.15, 0.2) is 0 Å². The van der Waals surface area contributed by atoms with Crippen LogP contribution in [0.2, 0.25) is 0 Å². The van der Waals surface area contributed by atoms with Gasteiger partial charge in [-0.15, -0.1) is 0 Å². The fraction of sp³-hybridized carbons (Fsp3) is 0.800. The van der Waals surface area contributed by atoms with E-state index in [9.17, 15) is 22.4 Å². The molecule has 1 heterocycles. The first-order chi connectivity index (χ1) is 5.52. The van der Waals surface area contributed by atoms with E-state index in [-0.39, 0.29) is 0 Å². The fourth-order valence-electron chi connectivity index (χ4n) is 0.774. The average Bonchev–Trinajstić information content (AvgIpc) is 2.31. The monoisotopic (exact) mass is 188 g/mol. The van der Waals surface area contributed by atoms with E-state index in [2.05, 4.69) is 9.47 Å². The summed E-state index contributed by atoms with van der Waals surface area (Å²) in [6.07, 6.45) is -12.1. The zero-order valence-electron chi connectivity index (χ0n) is 5.55. The van der Waals surface area contributed by atoms with E-state index in [4.69, 9.17) is 0 Å². The van der Waals surface area contributed by atoms with Gasteiger partial charge in [0.05, 0.1) is 0 Å². The molecule has 1 fully saturated rings. The Morgan fingerprint density at radius 3 is 1.58 bits per heavy atom. The van der Waals surface area contributed by atoms with Crippen LogP contribution in [0.25, 0.3) is 0 Å². The van der Waals surface area contributed by atoms with Crippen molar-refractivity contribution in [2.24, 2.45) is 0 Å². The number of cyclic esters (lactones) is 2. The van der Waals surface area contributed by atoms with Crippen LogP contribution in [0, 0.1) is 0 Å². The van der Waals surface area contributed by atoms with Crippen molar-refractivity contribution in [3.8, 4) is 0 Å². The number of halogens is 4. The lowest BCUT2D eigenvalue weighted by Gasteiger charge is -2.12. The van der Waals surface area contributed by atoms with Crippen LogP contribution >= 0.6 is 0 Å². The second-order valence-corrected chi connectivity index (χ2v) is 2.08. The average molecular weight is 188 g/mol.